The lowest BCUT2D eigenvalue weighted by molar-refractivity contribution is 0.0594. The van der Waals surface area contributed by atoms with Crippen molar-refractivity contribution in [1.29, 1.82) is 0 Å². The minimum absolute atomic E-state index is 0.00951. The van der Waals surface area contributed by atoms with Crippen LogP contribution in [0.5, 0.6) is 5.75 Å². The molecule has 0 heterocycles. The van der Waals surface area contributed by atoms with Gasteiger partial charge >= 0.3 is 5.97 Å². The van der Waals surface area contributed by atoms with Gasteiger partial charge in [0.05, 0.1) is 12.7 Å². The van der Waals surface area contributed by atoms with E-state index in [4.69, 9.17) is 27.9 Å². The van der Waals surface area contributed by atoms with Gasteiger partial charge in [-0.05, 0) is 13.0 Å². The van der Waals surface area contributed by atoms with Gasteiger partial charge in [0, 0.05) is 11.6 Å². The van der Waals surface area contributed by atoms with Crippen LogP contribution in [0, 0.1) is 17.5 Å². The molecule has 0 radical (unpaired) electrons. The van der Waals surface area contributed by atoms with Crippen LogP contribution in [0.2, 0.25) is 10.0 Å². The summed E-state index contributed by atoms with van der Waals surface area (Å²) >= 11 is 11.1. The zero-order valence-electron chi connectivity index (χ0n) is 12.5. The van der Waals surface area contributed by atoms with Crippen molar-refractivity contribution in [3.8, 4) is 5.75 Å². The number of methoxy groups -OCH3 is 1. The van der Waals surface area contributed by atoms with Gasteiger partial charge in [-0.2, -0.15) is 0 Å². The van der Waals surface area contributed by atoms with Crippen molar-refractivity contribution in [1.82, 2.24) is 0 Å². The van der Waals surface area contributed by atoms with Gasteiger partial charge in [-0.25, -0.2) is 18.0 Å². The summed E-state index contributed by atoms with van der Waals surface area (Å²) in [7, 11) is 1.12. The Kier molecular flexibility index (Phi) is 5.62. The van der Waals surface area contributed by atoms with Gasteiger partial charge in [-0.3, -0.25) is 0 Å². The Balaban J connectivity index is 2.38. The number of carbonyl (C=O) groups is 1. The molecular weight excluding hydrogens is 368 g/mol. The number of carbonyl (C=O) groups excluding carboxylic acids is 1. The van der Waals surface area contributed by atoms with Crippen molar-refractivity contribution in [2.75, 3.05) is 7.11 Å². The molecule has 128 valence electrons. The van der Waals surface area contributed by atoms with Gasteiger partial charge < -0.3 is 9.47 Å². The summed E-state index contributed by atoms with van der Waals surface area (Å²) in [5, 5.41) is -1.29. The minimum Gasteiger partial charge on any atom is -0.484 e. The van der Waals surface area contributed by atoms with E-state index in [1.165, 1.54) is 25.1 Å². The molecule has 0 amide bonds. The molecule has 0 aliphatic carbocycles. The number of hydrogen-bond acceptors (Lipinski definition) is 3. The summed E-state index contributed by atoms with van der Waals surface area (Å²) < 4.78 is 51.4. The Hall–Kier alpha value is -1.92. The van der Waals surface area contributed by atoms with E-state index in [9.17, 15) is 18.0 Å². The lowest BCUT2D eigenvalue weighted by Crippen LogP contribution is -2.11. The molecule has 0 bridgehead atoms. The molecular formula is C16H11Cl2F3O3. The summed E-state index contributed by atoms with van der Waals surface area (Å²) in [5.41, 5.74) is -0.297. The molecule has 0 spiro atoms. The van der Waals surface area contributed by atoms with Crippen LogP contribution in [0.25, 0.3) is 0 Å². The first kappa shape index (κ1) is 18.4. The molecule has 1 unspecified atom stereocenters. The van der Waals surface area contributed by atoms with Crippen molar-refractivity contribution in [2.45, 2.75) is 13.0 Å². The first-order valence-corrected chi connectivity index (χ1v) is 7.39. The molecule has 2 aromatic rings. The molecule has 0 aliphatic rings. The minimum atomic E-state index is -1.18. The Morgan fingerprint density at radius 3 is 2.42 bits per heavy atom. The Morgan fingerprint density at radius 2 is 1.79 bits per heavy atom. The highest BCUT2D eigenvalue weighted by Gasteiger charge is 2.23. The Bertz CT molecular complexity index is 797. The number of hydrogen-bond donors (Lipinski definition) is 0. The maximum Gasteiger partial charge on any atom is 0.340 e. The number of esters is 1. The SMILES string of the molecule is COC(=O)c1cccc(C(C)Oc2cc(F)c(Cl)c(F)c2Cl)c1F. The second kappa shape index (κ2) is 7.32. The normalized spacial score (nSPS) is 12.0. The molecule has 24 heavy (non-hydrogen) atoms. The lowest BCUT2D eigenvalue weighted by atomic mass is 10.1. The fourth-order valence-electron chi connectivity index (χ4n) is 2.02. The zero-order chi connectivity index (χ0) is 18.0. The molecule has 8 heteroatoms. The van der Waals surface area contributed by atoms with E-state index in [0.717, 1.165) is 13.2 Å². The summed E-state index contributed by atoms with van der Waals surface area (Å²) in [6.45, 7) is 1.43. The average molecular weight is 379 g/mol. The van der Waals surface area contributed by atoms with Crippen LogP contribution >= 0.6 is 23.2 Å². The van der Waals surface area contributed by atoms with Crippen LogP contribution in [0.15, 0.2) is 24.3 Å². The first-order valence-electron chi connectivity index (χ1n) is 6.64. The van der Waals surface area contributed by atoms with E-state index >= 15 is 0 Å². The monoisotopic (exact) mass is 378 g/mol. The summed E-state index contributed by atoms with van der Waals surface area (Å²) in [5.74, 6) is -4.30. The number of ether oxygens (including phenoxy) is 2. The molecule has 0 fully saturated rings. The molecule has 0 aromatic heterocycles. The maximum absolute atomic E-state index is 14.4. The van der Waals surface area contributed by atoms with E-state index in [1.807, 2.05) is 0 Å². The van der Waals surface area contributed by atoms with Crippen LogP contribution in [0.1, 0.15) is 28.9 Å². The summed E-state index contributed by atoms with van der Waals surface area (Å²) in [4.78, 5) is 11.5. The highest BCUT2D eigenvalue weighted by molar-refractivity contribution is 6.35. The molecule has 0 saturated carbocycles. The van der Waals surface area contributed by atoms with E-state index in [0.29, 0.717) is 0 Å². The fourth-order valence-corrected chi connectivity index (χ4v) is 2.41. The third-order valence-corrected chi connectivity index (χ3v) is 3.94. The van der Waals surface area contributed by atoms with Crippen molar-refractivity contribution in [3.63, 3.8) is 0 Å². The van der Waals surface area contributed by atoms with E-state index < -0.39 is 39.6 Å². The van der Waals surface area contributed by atoms with Gasteiger partial charge in [0.25, 0.3) is 0 Å². The predicted octanol–water partition coefficient (Wildman–Crippen LogP) is 5.34. The Labute approximate surface area is 145 Å². The van der Waals surface area contributed by atoms with E-state index in [1.54, 1.807) is 0 Å². The van der Waals surface area contributed by atoms with Crippen molar-refractivity contribution in [2.24, 2.45) is 0 Å². The smallest absolute Gasteiger partial charge is 0.340 e. The van der Waals surface area contributed by atoms with E-state index in [-0.39, 0.29) is 16.9 Å². The van der Waals surface area contributed by atoms with Crippen LogP contribution < -0.4 is 4.74 Å². The van der Waals surface area contributed by atoms with Gasteiger partial charge in [0.2, 0.25) is 0 Å². The molecule has 1 atom stereocenters. The molecule has 2 rings (SSSR count). The average Bonchev–Trinajstić information content (AvgIpc) is 2.57. The van der Waals surface area contributed by atoms with E-state index in [2.05, 4.69) is 4.74 Å². The highest BCUT2D eigenvalue weighted by Crippen LogP contribution is 2.36. The molecule has 3 nitrogen and oxygen atoms in total. The predicted molar refractivity (Wildman–Crippen MR) is 83.2 cm³/mol. The molecule has 0 saturated heterocycles. The second-order valence-electron chi connectivity index (χ2n) is 4.76. The molecule has 0 aliphatic heterocycles. The first-order chi connectivity index (χ1) is 11.3. The summed E-state index contributed by atoms with van der Waals surface area (Å²) in [6, 6.07) is 4.83. The second-order valence-corrected chi connectivity index (χ2v) is 5.51. The fraction of sp³-hybridized carbons (Fsp3) is 0.188. The quantitative estimate of drug-likeness (QED) is 0.409. The van der Waals surface area contributed by atoms with Crippen molar-refractivity contribution in [3.05, 3.63) is 62.9 Å². The van der Waals surface area contributed by atoms with Crippen LogP contribution in [0.3, 0.4) is 0 Å². The number of rotatable bonds is 4. The van der Waals surface area contributed by atoms with Gasteiger partial charge in [-0.1, -0.05) is 35.3 Å². The van der Waals surface area contributed by atoms with Gasteiger partial charge in [0.15, 0.2) is 5.82 Å². The third kappa shape index (κ3) is 3.44. The molecule has 0 N–H and O–H groups in total. The number of benzene rings is 2. The lowest BCUT2D eigenvalue weighted by Gasteiger charge is -2.18. The number of halogens is 5. The molecule has 2 aromatic carbocycles. The van der Waals surface area contributed by atoms with Crippen LogP contribution in [0.4, 0.5) is 13.2 Å². The maximum atomic E-state index is 14.4. The standard InChI is InChI=1S/C16H11Cl2F3O3/c1-7(8-4-3-5-9(14(8)20)16(22)23-2)24-11-6-10(19)12(17)15(21)13(11)18/h3-7H,1-2H3. The van der Waals surface area contributed by atoms with Crippen LogP contribution in [-0.2, 0) is 4.74 Å². The highest BCUT2D eigenvalue weighted by atomic mass is 35.5. The Morgan fingerprint density at radius 1 is 1.12 bits per heavy atom. The topological polar surface area (TPSA) is 35.5 Å². The van der Waals surface area contributed by atoms with Crippen molar-refractivity contribution >= 4 is 29.2 Å². The summed E-state index contributed by atoms with van der Waals surface area (Å²) in [6.07, 6.45) is -0.993. The van der Waals surface area contributed by atoms with Gasteiger partial charge in [-0.15, -0.1) is 0 Å². The third-order valence-electron chi connectivity index (χ3n) is 3.24. The van der Waals surface area contributed by atoms with Crippen molar-refractivity contribution < 1.29 is 27.4 Å². The van der Waals surface area contributed by atoms with Gasteiger partial charge in [0.1, 0.15) is 33.5 Å². The zero-order valence-corrected chi connectivity index (χ0v) is 14.0. The van der Waals surface area contributed by atoms with Crippen LogP contribution in [-0.4, -0.2) is 13.1 Å². The largest absolute Gasteiger partial charge is 0.484 e.